The molecule has 59 heavy (non-hydrogen) atoms. The number of nitrogens with one attached hydrogen (secondary N) is 4. The van der Waals surface area contributed by atoms with E-state index in [0.717, 1.165) is 75.5 Å². The standard InChI is InChI=1S/C42H65F3N6O7S/c1-9-27-22-41(27,36(56)49-59(57,58)42(43,44)45)48-33(53)29-23-40(38(7,8)39(40)19-15-20-39)24-51(29)35(55)31(37(4,5)6)47-34(54)30(26-16-11-10-12-17-26)46-32(52)28-18-13-14-21-50(28)25(2)3/h9,25-31H,1,10-24H2,2-8H3,(H,46,52)(H,47,54)(H,48,53)(H,49,56)/t27-,28+,29+,30+,31-,40-,41-/m1/s1. The third-order valence-electron chi connectivity index (χ3n) is 15.6. The summed E-state index contributed by atoms with van der Waals surface area (Å²) in [6.45, 7) is 18.4. The van der Waals surface area contributed by atoms with E-state index in [9.17, 15) is 40.8 Å². The van der Waals surface area contributed by atoms with Crippen LogP contribution in [0.25, 0.3) is 0 Å². The van der Waals surface area contributed by atoms with Crippen molar-refractivity contribution < 1.29 is 45.6 Å². The average molecular weight is 855 g/mol. The lowest BCUT2D eigenvalue weighted by Gasteiger charge is -2.40. The molecule has 2 spiro atoms. The van der Waals surface area contributed by atoms with Crippen LogP contribution < -0.4 is 20.7 Å². The van der Waals surface area contributed by atoms with Crippen molar-refractivity contribution in [2.24, 2.45) is 33.5 Å². The fourth-order valence-corrected chi connectivity index (χ4v) is 12.2. The van der Waals surface area contributed by atoms with Crippen LogP contribution in [0.15, 0.2) is 12.7 Å². The summed E-state index contributed by atoms with van der Waals surface area (Å²) in [6, 6.07) is -3.46. The smallest absolute Gasteiger partial charge is 0.343 e. The Labute approximate surface area is 347 Å². The lowest BCUT2D eigenvalue weighted by molar-refractivity contribution is -0.145. The minimum Gasteiger partial charge on any atom is -0.343 e. The summed E-state index contributed by atoms with van der Waals surface area (Å²) >= 11 is 0. The summed E-state index contributed by atoms with van der Waals surface area (Å²) in [5, 5.41) is 8.76. The van der Waals surface area contributed by atoms with Gasteiger partial charge in [-0.05, 0) is 93.9 Å². The van der Waals surface area contributed by atoms with E-state index in [2.05, 4.69) is 55.1 Å². The Balaban J connectivity index is 1.29. The highest BCUT2D eigenvalue weighted by atomic mass is 32.2. The minimum absolute atomic E-state index is 0.139. The molecule has 0 aromatic heterocycles. The van der Waals surface area contributed by atoms with Crippen molar-refractivity contribution in [3.05, 3.63) is 12.7 Å². The molecule has 0 radical (unpaired) electrons. The Bertz CT molecular complexity index is 1820. The lowest BCUT2D eigenvalue weighted by atomic mass is 9.73. The second-order valence-corrected chi connectivity index (χ2v) is 21.9. The zero-order chi connectivity index (χ0) is 43.7. The van der Waals surface area contributed by atoms with Crippen molar-refractivity contribution in [2.45, 2.75) is 173 Å². The van der Waals surface area contributed by atoms with Crippen molar-refractivity contribution in [3.8, 4) is 0 Å². The van der Waals surface area contributed by atoms with Gasteiger partial charge in [0, 0.05) is 23.9 Å². The van der Waals surface area contributed by atoms with Crippen molar-refractivity contribution in [1.82, 2.24) is 30.5 Å². The Morgan fingerprint density at radius 3 is 1.97 bits per heavy atom. The van der Waals surface area contributed by atoms with Gasteiger partial charge in [-0.2, -0.15) is 21.6 Å². The maximum Gasteiger partial charge on any atom is 0.516 e. The molecule has 332 valence electrons. The van der Waals surface area contributed by atoms with Crippen molar-refractivity contribution >= 4 is 39.6 Å². The van der Waals surface area contributed by atoms with E-state index in [1.807, 2.05) is 0 Å². The number of carbonyl (C=O) groups excluding carboxylic acids is 5. The first-order valence-corrected chi connectivity index (χ1v) is 23.0. The molecule has 4 aliphatic carbocycles. The zero-order valence-corrected chi connectivity index (χ0v) is 36.5. The average Bonchev–Trinajstić information content (AvgIpc) is 3.86. The third kappa shape index (κ3) is 7.70. The Kier molecular flexibility index (Phi) is 12.0. The molecule has 13 nitrogen and oxygen atoms in total. The molecule has 4 N–H and O–H groups in total. The van der Waals surface area contributed by atoms with Gasteiger partial charge in [0.1, 0.15) is 23.7 Å². The SMILES string of the molecule is C=C[C@@H]1C[C@]1(NC(=O)[C@@H]1C[C@@]2(CN1C(=O)[C@@H](NC(=O)[C@@H](NC(=O)[C@@H]1CCCCN1C(C)C)C1CCCCC1)C(C)(C)C)C(C)(C)C21CCC1)C(=O)NS(=O)(=O)C(F)(F)F. The molecule has 6 aliphatic rings. The number of piperidine rings is 1. The highest BCUT2D eigenvalue weighted by Gasteiger charge is 2.85. The summed E-state index contributed by atoms with van der Waals surface area (Å²) in [5.74, 6) is -4.55. The topological polar surface area (TPSA) is 174 Å². The van der Waals surface area contributed by atoms with Crippen LogP contribution in [-0.4, -0.2) is 102 Å². The molecule has 6 fully saturated rings. The van der Waals surface area contributed by atoms with E-state index in [0.29, 0.717) is 6.42 Å². The van der Waals surface area contributed by atoms with Crippen LogP contribution in [0.4, 0.5) is 13.2 Å². The molecule has 0 bridgehead atoms. The van der Waals surface area contributed by atoms with Gasteiger partial charge in [0.25, 0.3) is 5.91 Å². The number of sulfonamides is 1. The Morgan fingerprint density at radius 1 is 0.831 bits per heavy atom. The van der Waals surface area contributed by atoms with Gasteiger partial charge in [-0.25, -0.2) is 4.72 Å². The number of hydrogen-bond donors (Lipinski definition) is 4. The first kappa shape index (κ1) is 45.3. The van der Waals surface area contributed by atoms with Crippen LogP contribution in [0, 0.1) is 33.5 Å². The summed E-state index contributed by atoms with van der Waals surface area (Å²) in [5.41, 5.74) is -9.58. The fraction of sp³-hybridized carbons (Fsp3) is 0.833. The van der Waals surface area contributed by atoms with E-state index in [-0.39, 0.29) is 54.1 Å². The van der Waals surface area contributed by atoms with Crippen LogP contribution in [0.5, 0.6) is 0 Å². The second-order valence-electron chi connectivity index (χ2n) is 20.3. The molecule has 0 aromatic carbocycles. The molecule has 4 saturated carbocycles. The van der Waals surface area contributed by atoms with Crippen molar-refractivity contribution in [2.75, 3.05) is 13.1 Å². The van der Waals surface area contributed by atoms with Crippen LogP contribution in [0.3, 0.4) is 0 Å². The summed E-state index contributed by atoms with van der Waals surface area (Å²) in [4.78, 5) is 75.2. The van der Waals surface area contributed by atoms with Gasteiger partial charge < -0.3 is 20.9 Å². The number of rotatable bonds is 12. The van der Waals surface area contributed by atoms with E-state index < -0.39 is 79.6 Å². The molecule has 7 atom stereocenters. The van der Waals surface area contributed by atoms with Crippen molar-refractivity contribution in [3.63, 3.8) is 0 Å². The summed E-state index contributed by atoms with van der Waals surface area (Å²) in [7, 11) is -6.08. The van der Waals surface area contributed by atoms with Crippen LogP contribution >= 0.6 is 0 Å². The maximum absolute atomic E-state index is 15.1. The minimum atomic E-state index is -6.08. The molecule has 6 rings (SSSR count). The number of alkyl halides is 3. The lowest BCUT2D eigenvalue weighted by Crippen LogP contribution is -2.63. The second kappa shape index (κ2) is 15.6. The molecule has 0 aromatic rings. The predicted molar refractivity (Wildman–Crippen MR) is 214 cm³/mol. The molecular formula is C42H65F3N6O7S. The number of nitrogens with zero attached hydrogens (tertiary/aromatic N) is 2. The molecular weight excluding hydrogens is 790 g/mol. The first-order chi connectivity index (χ1) is 27.3. The first-order valence-electron chi connectivity index (χ1n) is 21.6. The van der Waals surface area contributed by atoms with Gasteiger partial charge in [0.05, 0.1) is 6.04 Å². The van der Waals surface area contributed by atoms with Gasteiger partial charge in [-0.1, -0.05) is 72.8 Å². The summed E-state index contributed by atoms with van der Waals surface area (Å²) in [6.07, 6.45) is 11.0. The molecule has 2 aliphatic heterocycles. The zero-order valence-electron chi connectivity index (χ0n) is 35.7. The Hall–Kier alpha value is -3.21. The normalized spacial score (nSPS) is 31.5. The monoisotopic (exact) mass is 854 g/mol. The van der Waals surface area contributed by atoms with E-state index in [1.165, 1.54) is 11.0 Å². The molecule has 17 heteroatoms. The van der Waals surface area contributed by atoms with Crippen LogP contribution in [0.2, 0.25) is 0 Å². The van der Waals surface area contributed by atoms with E-state index in [4.69, 9.17) is 0 Å². The van der Waals surface area contributed by atoms with Crippen molar-refractivity contribution in [1.29, 1.82) is 0 Å². The fourth-order valence-electron chi connectivity index (χ4n) is 11.7. The molecule has 2 heterocycles. The number of hydrogen-bond acceptors (Lipinski definition) is 8. The third-order valence-corrected chi connectivity index (χ3v) is 16.7. The molecule has 2 saturated heterocycles. The largest absolute Gasteiger partial charge is 0.516 e. The van der Waals surface area contributed by atoms with Crippen LogP contribution in [-0.2, 0) is 34.0 Å². The molecule has 0 unspecified atom stereocenters. The van der Waals surface area contributed by atoms with Gasteiger partial charge in [0.15, 0.2) is 0 Å². The van der Waals surface area contributed by atoms with Crippen LogP contribution in [0.1, 0.15) is 132 Å². The molecule has 5 amide bonds. The summed E-state index contributed by atoms with van der Waals surface area (Å²) < 4.78 is 65.0. The maximum atomic E-state index is 15.1. The van der Waals surface area contributed by atoms with Gasteiger partial charge >= 0.3 is 15.5 Å². The Morgan fingerprint density at radius 2 is 1.46 bits per heavy atom. The highest BCUT2D eigenvalue weighted by molar-refractivity contribution is 7.90. The quantitative estimate of drug-likeness (QED) is 0.205. The number of amides is 5. The van der Waals surface area contributed by atoms with Gasteiger partial charge in [-0.15, -0.1) is 6.58 Å². The number of likely N-dealkylation sites (tertiary alicyclic amines) is 2. The number of halogens is 3. The van der Waals surface area contributed by atoms with E-state index in [1.54, 1.807) is 20.8 Å². The predicted octanol–water partition coefficient (Wildman–Crippen LogP) is 4.67. The van der Waals surface area contributed by atoms with Gasteiger partial charge in [0.2, 0.25) is 23.6 Å². The van der Waals surface area contributed by atoms with E-state index >= 15 is 4.79 Å². The number of carbonyl (C=O) groups is 5. The van der Waals surface area contributed by atoms with Gasteiger partial charge in [-0.3, -0.25) is 28.9 Å². The highest BCUT2D eigenvalue weighted by Crippen LogP contribution is 2.88. The number of fused-ring (bicyclic) bond motifs is 1.